The fourth-order valence-electron chi connectivity index (χ4n) is 6.53. The van der Waals surface area contributed by atoms with Gasteiger partial charge >= 0.3 is 23.5 Å². The van der Waals surface area contributed by atoms with Crippen molar-refractivity contribution in [2.45, 2.75) is 141 Å². The van der Waals surface area contributed by atoms with Gasteiger partial charge in [-0.2, -0.15) is 4.31 Å². The van der Waals surface area contributed by atoms with E-state index in [4.69, 9.17) is 19.5 Å². The summed E-state index contributed by atoms with van der Waals surface area (Å²) in [6.07, 6.45) is 12.0. The van der Waals surface area contributed by atoms with E-state index in [-0.39, 0.29) is 41.6 Å². The molecule has 3 heterocycles. The van der Waals surface area contributed by atoms with Crippen LogP contribution >= 0.6 is 35.2 Å². The van der Waals surface area contributed by atoms with Crippen molar-refractivity contribution >= 4 is 69.1 Å². The number of carbonyl (C=O) groups is 3. The SMILES string of the molecule is CCCCCC/C=C\CCCCCCCCC(=O)SCCNC(=O)CCNC(=O)[C@H](O)C(C)(C)COP(=O)(O)OP(=O)(O)OC[C@H]1O[C@@H](n2cnc3c(N)ncnc32)[C@H](O)[C@@H]1OP(=O)(O)O. The minimum absolute atomic E-state index is 0.0330. The van der Waals surface area contributed by atoms with Crippen molar-refractivity contribution in [2.75, 3.05) is 37.8 Å². The summed E-state index contributed by atoms with van der Waals surface area (Å²) < 4.78 is 62.4. The van der Waals surface area contributed by atoms with E-state index >= 15 is 0 Å². The third-order valence-corrected chi connectivity index (χ3v) is 14.2. The quantitative estimate of drug-likeness (QED) is 0.0273. The zero-order chi connectivity index (χ0) is 49.0. The average Bonchev–Trinajstić information content (AvgIpc) is 3.80. The number of nitrogens with one attached hydrogen (secondary N) is 2. The number of aliphatic hydroxyl groups is 2. The number of rotatable bonds is 33. The number of aliphatic hydroxyl groups excluding tert-OH is 2. The highest BCUT2D eigenvalue weighted by Crippen LogP contribution is 2.61. The Morgan fingerprint density at radius 1 is 0.909 bits per heavy atom. The van der Waals surface area contributed by atoms with Crippen LogP contribution in [0, 0.1) is 5.41 Å². The number of amides is 2. The summed E-state index contributed by atoms with van der Waals surface area (Å²) >= 11 is 1.15. The summed E-state index contributed by atoms with van der Waals surface area (Å²) in [5, 5.41) is 26.6. The second kappa shape index (κ2) is 28.1. The van der Waals surface area contributed by atoms with Crippen LogP contribution in [0.5, 0.6) is 0 Å². The molecule has 0 aromatic carbocycles. The number of phosphoric ester groups is 3. The van der Waals surface area contributed by atoms with Gasteiger partial charge in [0.25, 0.3) is 0 Å². The van der Waals surface area contributed by atoms with Crippen molar-refractivity contribution in [1.82, 2.24) is 30.2 Å². The highest BCUT2D eigenvalue weighted by atomic mass is 32.2. The Labute approximate surface area is 388 Å². The van der Waals surface area contributed by atoms with Crippen molar-refractivity contribution in [3.05, 3.63) is 24.8 Å². The van der Waals surface area contributed by atoms with Gasteiger partial charge in [0.2, 0.25) is 11.8 Å². The molecule has 2 aromatic heterocycles. The molecule has 2 aromatic rings. The third-order valence-electron chi connectivity index (χ3n) is 10.2. The lowest BCUT2D eigenvalue weighted by Crippen LogP contribution is -2.46. The zero-order valence-corrected chi connectivity index (χ0v) is 40.9. The summed E-state index contributed by atoms with van der Waals surface area (Å²) in [4.78, 5) is 88.3. The van der Waals surface area contributed by atoms with Crippen LogP contribution < -0.4 is 16.4 Å². The number of anilines is 1. The van der Waals surface area contributed by atoms with Crippen molar-refractivity contribution in [3.63, 3.8) is 0 Å². The number of fused-ring (bicyclic) bond motifs is 1. The van der Waals surface area contributed by atoms with E-state index in [2.05, 4.69) is 53.5 Å². The zero-order valence-electron chi connectivity index (χ0n) is 37.4. The Balaban J connectivity index is 1.32. The van der Waals surface area contributed by atoms with Crippen molar-refractivity contribution in [3.8, 4) is 0 Å². The molecule has 1 aliphatic rings. The molecular weight excluding hydrogens is 951 g/mol. The summed E-state index contributed by atoms with van der Waals surface area (Å²) in [7, 11) is -16.4. The van der Waals surface area contributed by atoms with Gasteiger partial charge in [-0.25, -0.2) is 28.6 Å². The summed E-state index contributed by atoms with van der Waals surface area (Å²) in [5.74, 6) is -1.03. The molecule has 0 saturated carbocycles. The molecule has 0 radical (unpaired) electrons. The monoisotopic (exact) mass is 1020 g/mol. The number of allylic oxidation sites excluding steroid dienone is 2. The molecule has 0 aliphatic carbocycles. The predicted molar refractivity (Wildman–Crippen MR) is 242 cm³/mol. The third kappa shape index (κ3) is 20.9. The molecule has 2 unspecified atom stereocenters. The lowest BCUT2D eigenvalue weighted by molar-refractivity contribution is -0.137. The molecule has 24 nitrogen and oxygen atoms in total. The number of imidazole rings is 1. The van der Waals surface area contributed by atoms with Gasteiger partial charge in [-0.1, -0.05) is 89.6 Å². The second-order valence-corrected chi connectivity index (χ2v) is 21.7. The van der Waals surface area contributed by atoms with Crippen molar-refractivity contribution in [2.24, 2.45) is 5.41 Å². The maximum atomic E-state index is 12.7. The van der Waals surface area contributed by atoms with Gasteiger partial charge in [0.1, 0.15) is 36.3 Å². The van der Waals surface area contributed by atoms with Gasteiger partial charge in [0.05, 0.1) is 19.5 Å². The summed E-state index contributed by atoms with van der Waals surface area (Å²) in [5.41, 5.74) is 4.28. The first-order valence-corrected chi connectivity index (χ1v) is 27.3. The minimum Gasteiger partial charge on any atom is -0.386 e. The molecule has 0 spiro atoms. The number of aromatic nitrogens is 4. The van der Waals surface area contributed by atoms with Crippen LogP contribution in [0.4, 0.5) is 5.82 Å². The number of nitrogens with two attached hydrogens (primary N) is 1. The van der Waals surface area contributed by atoms with E-state index < -0.39 is 84.6 Å². The van der Waals surface area contributed by atoms with Crippen LogP contribution in [0.1, 0.15) is 117 Å². The van der Waals surface area contributed by atoms with Crippen LogP contribution in [0.3, 0.4) is 0 Å². The number of carbonyl (C=O) groups excluding carboxylic acids is 3. The molecule has 1 fully saturated rings. The Kier molecular flexibility index (Phi) is 24.5. The number of thioether (sulfide) groups is 1. The number of unbranched alkanes of at least 4 members (excludes halogenated alkanes) is 10. The van der Waals surface area contributed by atoms with E-state index in [1.807, 2.05) is 0 Å². The normalized spacial score (nSPS) is 20.3. The molecule has 3 rings (SSSR count). The highest BCUT2D eigenvalue weighted by Gasteiger charge is 2.50. The van der Waals surface area contributed by atoms with Gasteiger partial charge in [0.15, 0.2) is 22.8 Å². The first-order valence-electron chi connectivity index (χ1n) is 21.8. The van der Waals surface area contributed by atoms with Crippen LogP contribution in [0.15, 0.2) is 24.8 Å². The molecule has 7 atom stereocenters. The number of ether oxygens (including phenoxy) is 1. The standard InChI is InChI=1S/C38H66N7O17P3S/c1-4-5-6-7-8-9-10-11-12-13-14-15-16-17-18-29(47)66-22-21-40-28(46)19-20-41-36(50)33(49)38(2,3)24-59-65(56,57)62-64(54,55)58-23-27-32(61-63(51,52)53)31(48)37(60-27)45-26-44-30-34(39)42-25-43-35(30)45/h9-10,25-27,31-33,37,48-49H,4-8,11-24H2,1-3H3,(H,40,46)(H,41,50)(H,54,55)(H,56,57)(H2,39,42,43)(H2,51,52,53)/b10-9-/t27-,31-,32-,33+,37-/m1/s1. The smallest absolute Gasteiger partial charge is 0.386 e. The lowest BCUT2D eigenvalue weighted by Gasteiger charge is -2.30. The Hall–Kier alpha value is -2.70. The minimum atomic E-state index is -5.57. The molecule has 1 aliphatic heterocycles. The molecule has 1 saturated heterocycles. The number of hydrogen-bond donors (Lipinski definition) is 9. The molecule has 2 amide bonds. The van der Waals surface area contributed by atoms with Gasteiger partial charge in [-0.15, -0.1) is 0 Å². The van der Waals surface area contributed by atoms with E-state index in [1.165, 1.54) is 58.8 Å². The van der Waals surface area contributed by atoms with Gasteiger partial charge < -0.3 is 50.9 Å². The highest BCUT2D eigenvalue weighted by molar-refractivity contribution is 8.13. The molecular formula is C38H66N7O17P3S. The van der Waals surface area contributed by atoms with E-state index in [0.29, 0.717) is 12.2 Å². The van der Waals surface area contributed by atoms with Crippen LogP contribution in [-0.2, 0) is 50.7 Å². The van der Waals surface area contributed by atoms with Crippen molar-refractivity contribution < 1.29 is 80.5 Å². The number of phosphoric acid groups is 3. The average molecular weight is 1020 g/mol. The van der Waals surface area contributed by atoms with Crippen molar-refractivity contribution in [1.29, 1.82) is 0 Å². The first kappa shape index (κ1) is 57.6. The second-order valence-electron chi connectivity index (χ2n) is 16.3. The largest absolute Gasteiger partial charge is 0.481 e. The molecule has 376 valence electrons. The fraction of sp³-hybridized carbons (Fsp3) is 0.737. The lowest BCUT2D eigenvalue weighted by atomic mass is 9.87. The fourth-order valence-corrected chi connectivity index (χ4v) is 10.1. The van der Waals surface area contributed by atoms with Crippen LogP contribution in [0.25, 0.3) is 11.2 Å². The van der Waals surface area contributed by atoms with E-state index in [9.17, 15) is 57.9 Å². The first-order chi connectivity index (χ1) is 31.1. The van der Waals surface area contributed by atoms with E-state index in [0.717, 1.165) is 61.1 Å². The van der Waals surface area contributed by atoms with E-state index in [1.54, 1.807) is 0 Å². The summed E-state index contributed by atoms with van der Waals surface area (Å²) in [6, 6.07) is 0. The molecule has 0 bridgehead atoms. The van der Waals surface area contributed by atoms with Gasteiger partial charge in [0, 0.05) is 37.1 Å². The Bertz CT molecular complexity index is 2030. The Morgan fingerprint density at radius 3 is 2.21 bits per heavy atom. The number of nitrogens with zero attached hydrogens (tertiary/aromatic N) is 4. The van der Waals surface area contributed by atoms with Gasteiger partial charge in [-0.3, -0.25) is 32.5 Å². The summed E-state index contributed by atoms with van der Waals surface area (Å²) in [6.45, 7) is 2.78. The predicted octanol–water partition coefficient (Wildman–Crippen LogP) is 4.31. The van der Waals surface area contributed by atoms with Crippen LogP contribution in [0.2, 0.25) is 0 Å². The molecule has 10 N–H and O–H groups in total. The number of nitrogen functional groups attached to an aromatic ring is 1. The molecule has 66 heavy (non-hydrogen) atoms. The Morgan fingerprint density at radius 2 is 1.55 bits per heavy atom. The number of hydrogen-bond acceptors (Lipinski definition) is 18. The van der Waals surface area contributed by atoms with Crippen LogP contribution in [-0.4, -0.2) is 123 Å². The topological polar surface area (TPSA) is 364 Å². The maximum Gasteiger partial charge on any atom is 0.481 e. The maximum absolute atomic E-state index is 12.7. The van der Waals surface area contributed by atoms with Gasteiger partial charge in [-0.05, 0) is 32.1 Å². The molecule has 28 heteroatoms.